The summed E-state index contributed by atoms with van der Waals surface area (Å²) in [4.78, 5) is 16.6. The first-order chi connectivity index (χ1) is 12.5. The quantitative estimate of drug-likeness (QED) is 0.616. The van der Waals surface area contributed by atoms with Crippen molar-refractivity contribution in [1.29, 1.82) is 0 Å². The second-order valence-corrected chi connectivity index (χ2v) is 6.74. The van der Waals surface area contributed by atoms with Crippen molar-refractivity contribution < 1.29 is 18.3 Å². The number of ether oxygens (including phenoxy) is 1. The molecule has 2 aromatic carbocycles. The molecule has 6 heteroatoms. The molecule has 4 rings (SSSR count). The maximum Gasteiger partial charge on any atom is 0.226 e. The molecule has 3 aromatic rings. The highest BCUT2D eigenvalue weighted by Gasteiger charge is 2.32. The fourth-order valence-electron chi connectivity index (χ4n) is 3.20. The Kier molecular flexibility index (Phi) is 4.24. The van der Waals surface area contributed by atoms with E-state index < -0.39 is 0 Å². The molecular weight excluding hydrogens is 357 g/mol. The van der Waals surface area contributed by atoms with Crippen LogP contribution in [0.5, 0.6) is 5.75 Å². The summed E-state index contributed by atoms with van der Waals surface area (Å²) in [5.74, 6) is 0.242. The van der Waals surface area contributed by atoms with Crippen molar-refractivity contribution >= 4 is 17.4 Å². The van der Waals surface area contributed by atoms with Crippen molar-refractivity contribution in [2.24, 2.45) is 0 Å². The van der Waals surface area contributed by atoms with E-state index in [4.69, 9.17) is 20.8 Å². The summed E-state index contributed by atoms with van der Waals surface area (Å²) in [7, 11) is 0. The van der Waals surface area contributed by atoms with Gasteiger partial charge in [0.15, 0.2) is 5.78 Å². The predicted octanol–water partition coefficient (Wildman–Crippen LogP) is 5.40. The van der Waals surface area contributed by atoms with Crippen LogP contribution in [0, 0.1) is 5.82 Å². The second kappa shape index (κ2) is 6.57. The van der Waals surface area contributed by atoms with Gasteiger partial charge in [0.05, 0.1) is 5.56 Å². The Morgan fingerprint density at radius 3 is 2.81 bits per heavy atom. The number of ketones is 1. The van der Waals surface area contributed by atoms with Crippen LogP contribution in [-0.4, -0.2) is 10.8 Å². The first-order valence-electron chi connectivity index (χ1n) is 8.21. The number of fused-ring (bicyclic) bond motifs is 1. The minimum Gasteiger partial charge on any atom is -0.486 e. The molecule has 0 saturated carbocycles. The van der Waals surface area contributed by atoms with Crippen LogP contribution in [0.1, 0.15) is 40.9 Å². The normalized spacial score (nSPS) is 16.0. The number of rotatable bonds is 4. The van der Waals surface area contributed by atoms with Gasteiger partial charge in [-0.05, 0) is 42.3 Å². The van der Waals surface area contributed by atoms with Crippen LogP contribution in [0.4, 0.5) is 4.39 Å². The summed E-state index contributed by atoms with van der Waals surface area (Å²) in [6.07, 6.45) is 1.80. The number of hydrogen-bond acceptors (Lipinski definition) is 4. The predicted molar refractivity (Wildman–Crippen MR) is 95.0 cm³/mol. The van der Waals surface area contributed by atoms with Gasteiger partial charge in [0.1, 0.15) is 30.1 Å². The molecule has 1 atom stereocenters. The molecule has 4 nitrogen and oxygen atoms in total. The Labute approximate surface area is 154 Å². The van der Waals surface area contributed by atoms with Crippen molar-refractivity contribution in [3.63, 3.8) is 0 Å². The molecular formula is C20H15ClFNO3. The molecule has 0 bridgehead atoms. The van der Waals surface area contributed by atoms with Gasteiger partial charge in [-0.2, -0.15) is 0 Å². The lowest BCUT2D eigenvalue weighted by Gasteiger charge is -2.10. The highest BCUT2D eigenvalue weighted by atomic mass is 35.5. The number of carbonyl (C=O) groups is 1. The van der Waals surface area contributed by atoms with Gasteiger partial charge in [-0.15, -0.1) is 0 Å². The fourth-order valence-corrected chi connectivity index (χ4v) is 3.32. The number of benzene rings is 2. The smallest absolute Gasteiger partial charge is 0.226 e. The molecule has 1 aliphatic carbocycles. The van der Waals surface area contributed by atoms with E-state index in [0.717, 1.165) is 5.56 Å². The Bertz CT molecular complexity index is 981. The topological polar surface area (TPSA) is 52.3 Å². The summed E-state index contributed by atoms with van der Waals surface area (Å²) < 4.78 is 25.2. The molecule has 26 heavy (non-hydrogen) atoms. The van der Waals surface area contributed by atoms with Gasteiger partial charge in [-0.3, -0.25) is 4.79 Å². The van der Waals surface area contributed by atoms with Crippen molar-refractivity contribution in [2.75, 3.05) is 0 Å². The van der Waals surface area contributed by atoms with Crippen molar-refractivity contribution in [2.45, 2.75) is 25.9 Å². The summed E-state index contributed by atoms with van der Waals surface area (Å²) in [6.45, 7) is 1.96. The van der Waals surface area contributed by atoms with E-state index in [1.165, 1.54) is 18.4 Å². The van der Waals surface area contributed by atoms with Gasteiger partial charge >= 0.3 is 0 Å². The number of carbonyl (C=O) groups excluding carboxylic acids is 1. The minimum atomic E-state index is -0.364. The molecule has 1 aromatic heterocycles. The SMILES string of the molecule is CC1CC(=O)c2c(OCc3coc(-c4ccc(Cl)cc4)n3)ccc(F)c21. The summed E-state index contributed by atoms with van der Waals surface area (Å²) in [5, 5.41) is 0.632. The number of Topliss-reactive ketones (excluding diaryl/α,β-unsaturated/α-hetero) is 1. The largest absolute Gasteiger partial charge is 0.486 e. The van der Waals surface area contributed by atoms with E-state index >= 15 is 0 Å². The van der Waals surface area contributed by atoms with Crippen LogP contribution in [0.15, 0.2) is 47.1 Å². The molecule has 0 spiro atoms. The highest BCUT2D eigenvalue weighted by molar-refractivity contribution is 6.30. The van der Waals surface area contributed by atoms with Gasteiger partial charge in [0.25, 0.3) is 0 Å². The minimum absolute atomic E-state index is 0.0935. The monoisotopic (exact) mass is 371 g/mol. The van der Waals surface area contributed by atoms with Gasteiger partial charge in [0.2, 0.25) is 5.89 Å². The van der Waals surface area contributed by atoms with E-state index in [1.54, 1.807) is 12.1 Å². The summed E-state index contributed by atoms with van der Waals surface area (Å²) >= 11 is 5.88. The maximum atomic E-state index is 14.0. The zero-order valence-electron chi connectivity index (χ0n) is 14.0. The zero-order valence-corrected chi connectivity index (χ0v) is 14.7. The molecule has 0 saturated heterocycles. The molecule has 0 N–H and O–H groups in total. The third-order valence-corrected chi connectivity index (χ3v) is 4.69. The number of halogens is 2. The Morgan fingerprint density at radius 1 is 1.27 bits per heavy atom. The molecule has 0 fully saturated rings. The van der Waals surface area contributed by atoms with Crippen molar-refractivity contribution in [3.05, 3.63) is 70.3 Å². The van der Waals surface area contributed by atoms with Gasteiger partial charge in [0, 0.05) is 22.6 Å². The number of nitrogens with zero attached hydrogens (tertiary/aromatic N) is 1. The Morgan fingerprint density at radius 2 is 2.04 bits per heavy atom. The molecule has 1 unspecified atom stereocenters. The lowest BCUT2D eigenvalue weighted by atomic mass is 10.0. The average Bonchev–Trinajstić information content (AvgIpc) is 3.20. The second-order valence-electron chi connectivity index (χ2n) is 6.30. The van der Waals surface area contributed by atoms with Crippen LogP contribution >= 0.6 is 11.6 Å². The van der Waals surface area contributed by atoms with Crippen LogP contribution in [0.3, 0.4) is 0 Å². The van der Waals surface area contributed by atoms with Crippen molar-refractivity contribution in [1.82, 2.24) is 4.98 Å². The number of aromatic nitrogens is 1. The summed E-state index contributed by atoms with van der Waals surface area (Å²) in [5.41, 5.74) is 2.16. The molecule has 132 valence electrons. The van der Waals surface area contributed by atoms with Gasteiger partial charge in [-0.1, -0.05) is 18.5 Å². The van der Waals surface area contributed by atoms with Crippen LogP contribution in [-0.2, 0) is 6.61 Å². The van der Waals surface area contributed by atoms with E-state index in [9.17, 15) is 9.18 Å². The number of oxazole rings is 1. The first kappa shape index (κ1) is 16.8. The molecule has 0 radical (unpaired) electrons. The maximum absolute atomic E-state index is 14.0. The van der Waals surface area contributed by atoms with Crippen molar-refractivity contribution in [3.8, 4) is 17.2 Å². The van der Waals surface area contributed by atoms with Gasteiger partial charge in [-0.25, -0.2) is 9.37 Å². The van der Waals surface area contributed by atoms with E-state index in [2.05, 4.69) is 4.98 Å². The molecule has 0 aliphatic heterocycles. The molecule has 1 aliphatic rings. The van der Waals surface area contributed by atoms with E-state index in [-0.39, 0.29) is 24.1 Å². The first-order valence-corrected chi connectivity index (χ1v) is 8.59. The highest BCUT2D eigenvalue weighted by Crippen LogP contribution is 2.40. The lowest BCUT2D eigenvalue weighted by molar-refractivity contribution is 0.0986. The van der Waals surface area contributed by atoms with Crippen LogP contribution in [0.25, 0.3) is 11.5 Å². The standard InChI is InChI=1S/C20H15ClFNO3/c1-11-8-16(24)19-17(7-6-15(22)18(11)19)25-9-14-10-26-20(23-14)12-2-4-13(21)5-3-12/h2-7,10-11H,8-9H2,1H3. The number of hydrogen-bond donors (Lipinski definition) is 0. The third-order valence-electron chi connectivity index (χ3n) is 4.44. The third kappa shape index (κ3) is 2.99. The fraction of sp³-hybridized carbons (Fsp3) is 0.200. The van der Waals surface area contributed by atoms with E-state index in [1.807, 2.05) is 19.1 Å². The van der Waals surface area contributed by atoms with Gasteiger partial charge < -0.3 is 9.15 Å². The van der Waals surface area contributed by atoms with E-state index in [0.29, 0.717) is 39.9 Å². The van der Waals surface area contributed by atoms with Crippen LogP contribution in [0.2, 0.25) is 5.02 Å². The Balaban J connectivity index is 1.54. The lowest BCUT2D eigenvalue weighted by Crippen LogP contribution is -2.03. The Hall–Kier alpha value is -2.66. The molecule has 0 amide bonds. The average molecular weight is 372 g/mol. The summed E-state index contributed by atoms with van der Waals surface area (Å²) in [6, 6.07) is 9.96. The zero-order chi connectivity index (χ0) is 18.3. The van der Waals surface area contributed by atoms with Crippen LogP contribution < -0.4 is 4.74 Å². The molecule has 1 heterocycles.